The van der Waals surface area contributed by atoms with E-state index in [2.05, 4.69) is 61.8 Å². The minimum absolute atomic E-state index is 0.138. The summed E-state index contributed by atoms with van der Waals surface area (Å²) in [5.41, 5.74) is 4.25. The summed E-state index contributed by atoms with van der Waals surface area (Å²) in [6.45, 7) is 4.88. The molecule has 3 rings (SSSR count). The van der Waals surface area contributed by atoms with Crippen molar-refractivity contribution in [2.75, 3.05) is 32.5 Å². The van der Waals surface area contributed by atoms with Gasteiger partial charge >= 0.3 is 0 Å². The Labute approximate surface area is 160 Å². The molecular weight excluding hydrogens is 338 g/mol. The zero-order chi connectivity index (χ0) is 19.1. The highest BCUT2D eigenvalue weighted by Gasteiger charge is 2.12. The van der Waals surface area contributed by atoms with Gasteiger partial charge in [-0.2, -0.15) is 5.10 Å². The van der Waals surface area contributed by atoms with Crippen LogP contribution in [0.5, 0.6) is 0 Å². The molecule has 0 spiro atoms. The lowest BCUT2D eigenvalue weighted by Crippen LogP contribution is -2.27. The maximum absolute atomic E-state index is 4.56. The number of pyridine rings is 2. The first-order chi connectivity index (χ1) is 13.2. The third-order valence-electron chi connectivity index (χ3n) is 4.49. The third kappa shape index (κ3) is 5.12. The van der Waals surface area contributed by atoms with Crippen LogP contribution in [0.2, 0.25) is 0 Å². The summed E-state index contributed by atoms with van der Waals surface area (Å²) in [6.07, 6.45) is 7.47. The van der Waals surface area contributed by atoms with Crippen LogP contribution in [0.3, 0.4) is 0 Å². The number of hydrogen-bond acceptors (Lipinski definition) is 6. The molecule has 0 aliphatic rings. The fourth-order valence-corrected chi connectivity index (χ4v) is 2.91. The summed E-state index contributed by atoms with van der Waals surface area (Å²) in [7, 11) is 4.08. The Kier molecular flexibility index (Phi) is 6.51. The van der Waals surface area contributed by atoms with Crippen LogP contribution in [0.1, 0.15) is 24.1 Å². The second-order valence-electron chi connectivity index (χ2n) is 6.68. The van der Waals surface area contributed by atoms with Gasteiger partial charge in [0, 0.05) is 55.5 Å². The van der Waals surface area contributed by atoms with Gasteiger partial charge in [-0.05, 0) is 44.8 Å². The molecule has 3 aromatic heterocycles. The van der Waals surface area contributed by atoms with Gasteiger partial charge < -0.3 is 15.5 Å². The topological polar surface area (TPSA) is 81.8 Å². The van der Waals surface area contributed by atoms with Crippen LogP contribution < -0.4 is 10.6 Å². The van der Waals surface area contributed by atoms with E-state index in [1.54, 1.807) is 6.20 Å². The molecule has 0 radical (unpaired) electrons. The summed E-state index contributed by atoms with van der Waals surface area (Å²) in [5.74, 6) is 0.832. The zero-order valence-corrected chi connectivity index (χ0v) is 16.1. The van der Waals surface area contributed by atoms with Gasteiger partial charge in [0.25, 0.3) is 0 Å². The molecule has 7 nitrogen and oxygen atoms in total. The number of aromatic nitrogens is 4. The molecule has 3 N–H and O–H groups in total. The SMILES string of the molecule is CNCCN(C)Cc1c[nH]nc1-c1ccc(NC(C)c2cccnc2)nc1. The van der Waals surface area contributed by atoms with Crippen LogP contribution in [0.15, 0.2) is 49.1 Å². The highest BCUT2D eigenvalue weighted by atomic mass is 15.1. The maximum Gasteiger partial charge on any atom is 0.126 e. The molecule has 0 aromatic carbocycles. The van der Waals surface area contributed by atoms with Crippen LogP contribution in [-0.2, 0) is 6.54 Å². The Morgan fingerprint density at radius 1 is 1.22 bits per heavy atom. The normalized spacial score (nSPS) is 12.3. The van der Waals surface area contributed by atoms with E-state index in [9.17, 15) is 0 Å². The Morgan fingerprint density at radius 3 is 2.81 bits per heavy atom. The maximum atomic E-state index is 4.56. The third-order valence-corrected chi connectivity index (χ3v) is 4.49. The summed E-state index contributed by atoms with van der Waals surface area (Å²) < 4.78 is 0. The number of hydrogen-bond donors (Lipinski definition) is 3. The van der Waals surface area contributed by atoms with Crippen LogP contribution in [0.4, 0.5) is 5.82 Å². The van der Waals surface area contributed by atoms with Crippen molar-refractivity contribution < 1.29 is 0 Å². The van der Waals surface area contributed by atoms with Gasteiger partial charge in [0.1, 0.15) is 5.82 Å². The van der Waals surface area contributed by atoms with E-state index in [1.807, 2.05) is 37.8 Å². The number of aromatic amines is 1. The van der Waals surface area contributed by atoms with E-state index in [0.717, 1.165) is 42.3 Å². The number of nitrogens with zero attached hydrogens (tertiary/aromatic N) is 4. The summed E-state index contributed by atoms with van der Waals surface area (Å²) in [4.78, 5) is 11.0. The minimum Gasteiger partial charge on any atom is -0.363 e. The first kappa shape index (κ1) is 19.0. The molecule has 0 aliphatic carbocycles. The number of rotatable bonds is 9. The molecule has 7 heteroatoms. The number of likely N-dealkylation sites (N-methyl/N-ethyl adjacent to an activating group) is 2. The Bertz CT molecular complexity index is 814. The van der Waals surface area contributed by atoms with E-state index in [1.165, 1.54) is 5.56 Å². The molecule has 0 saturated carbocycles. The van der Waals surface area contributed by atoms with Crippen LogP contribution >= 0.6 is 0 Å². The van der Waals surface area contributed by atoms with Crippen molar-refractivity contribution in [3.63, 3.8) is 0 Å². The molecule has 0 amide bonds. The number of nitrogens with one attached hydrogen (secondary N) is 3. The fourth-order valence-electron chi connectivity index (χ4n) is 2.91. The predicted molar refractivity (Wildman–Crippen MR) is 108 cm³/mol. The molecule has 3 aromatic rings. The van der Waals surface area contributed by atoms with E-state index >= 15 is 0 Å². The van der Waals surface area contributed by atoms with Crippen molar-refractivity contribution in [2.45, 2.75) is 19.5 Å². The first-order valence-corrected chi connectivity index (χ1v) is 9.16. The van der Waals surface area contributed by atoms with Gasteiger partial charge in [-0.15, -0.1) is 0 Å². The number of H-pyrrole nitrogens is 1. The van der Waals surface area contributed by atoms with Crippen LogP contribution in [-0.4, -0.2) is 52.3 Å². The molecule has 3 heterocycles. The largest absolute Gasteiger partial charge is 0.363 e. The van der Waals surface area contributed by atoms with Gasteiger partial charge in [-0.3, -0.25) is 10.1 Å². The molecule has 0 fully saturated rings. The molecule has 1 atom stereocenters. The second kappa shape index (κ2) is 9.25. The highest BCUT2D eigenvalue weighted by molar-refractivity contribution is 5.63. The lowest BCUT2D eigenvalue weighted by molar-refractivity contribution is 0.328. The quantitative estimate of drug-likeness (QED) is 0.541. The summed E-state index contributed by atoms with van der Waals surface area (Å²) in [6, 6.07) is 8.18. The molecule has 142 valence electrons. The van der Waals surface area contributed by atoms with Crippen LogP contribution in [0, 0.1) is 0 Å². The minimum atomic E-state index is 0.138. The first-order valence-electron chi connectivity index (χ1n) is 9.16. The van der Waals surface area contributed by atoms with Gasteiger partial charge in [-0.25, -0.2) is 4.98 Å². The van der Waals surface area contributed by atoms with E-state index in [0.29, 0.717) is 0 Å². The van der Waals surface area contributed by atoms with Gasteiger partial charge in [-0.1, -0.05) is 6.07 Å². The molecule has 0 saturated heterocycles. The smallest absolute Gasteiger partial charge is 0.126 e. The van der Waals surface area contributed by atoms with Crippen molar-refractivity contribution in [1.82, 2.24) is 30.4 Å². The predicted octanol–water partition coefficient (Wildman–Crippen LogP) is 2.69. The standard InChI is InChI=1S/C20H27N7/c1-15(16-5-4-8-22-11-16)25-19-7-6-17(12-23-19)20-18(13-24-26-20)14-27(3)10-9-21-2/h4-8,11-13,15,21H,9-10,14H2,1-3H3,(H,23,25)(H,24,26). The Hall–Kier alpha value is -2.77. The van der Waals surface area contributed by atoms with E-state index < -0.39 is 0 Å². The van der Waals surface area contributed by atoms with Gasteiger partial charge in [0.15, 0.2) is 0 Å². The summed E-state index contributed by atoms with van der Waals surface area (Å²) >= 11 is 0. The van der Waals surface area contributed by atoms with E-state index in [4.69, 9.17) is 0 Å². The molecule has 27 heavy (non-hydrogen) atoms. The van der Waals surface area contributed by atoms with Gasteiger partial charge in [0.2, 0.25) is 0 Å². The Balaban J connectivity index is 1.66. The average molecular weight is 365 g/mol. The Morgan fingerprint density at radius 2 is 2.11 bits per heavy atom. The lowest BCUT2D eigenvalue weighted by atomic mass is 10.1. The van der Waals surface area contributed by atoms with Crippen molar-refractivity contribution in [3.05, 3.63) is 60.2 Å². The van der Waals surface area contributed by atoms with E-state index in [-0.39, 0.29) is 6.04 Å². The van der Waals surface area contributed by atoms with Crippen molar-refractivity contribution in [2.24, 2.45) is 0 Å². The fraction of sp³-hybridized carbons (Fsp3) is 0.350. The van der Waals surface area contributed by atoms with Crippen LogP contribution in [0.25, 0.3) is 11.3 Å². The molecule has 0 bridgehead atoms. The van der Waals surface area contributed by atoms with Crippen molar-refractivity contribution >= 4 is 5.82 Å². The number of anilines is 1. The second-order valence-corrected chi connectivity index (χ2v) is 6.68. The monoisotopic (exact) mass is 365 g/mol. The van der Waals surface area contributed by atoms with Gasteiger partial charge in [0.05, 0.1) is 11.7 Å². The molecule has 1 unspecified atom stereocenters. The summed E-state index contributed by atoms with van der Waals surface area (Å²) in [5, 5.41) is 14.0. The molecular formula is C20H27N7. The van der Waals surface area contributed by atoms with Crippen molar-refractivity contribution in [1.29, 1.82) is 0 Å². The van der Waals surface area contributed by atoms with Crippen molar-refractivity contribution in [3.8, 4) is 11.3 Å². The molecule has 0 aliphatic heterocycles. The lowest BCUT2D eigenvalue weighted by Gasteiger charge is -2.16. The zero-order valence-electron chi connectivity index (χ0n) is 16.1. The highest BCUT2D eigenvalue weighted by Crippen LogP contribution is 2.23. The average Bonchev–Trinajstić information content (AvgIpc) is 3.15.